The molecule has 4 heteroatoms. The molecule has 0 aliphatic rings. The molecular weight excluding hydrogens is 284 g/mol. The molecule has 0 radical (unpaired) electrons. The lowest BCUT2D eigenvalue weighted by atomic mass is 10.2. The van der Waals surface area contributed by atoms with E-state index < -0.39 is 6.16 Å². The first-order valence-electron chi connectivity index (χ1n) is 6.83. The number of ether oxygens (including phenoxy) is 2. The molecule has 0 aromatic heterocycles. The maximum atomic E-state index is 11.2. The molecule has 0 saturated heterocycles. The van der Waals surface area contributed by atoms with E-state index in [1.807, 2.05) is 30.0 Å². The molecule has 0 heterocycles. The summed E-state index contributed by atoms with van der Waals surface area (Å²) in [6.45, 7) is 2.06. The van der Waals surface area contributed by atoms with Crippen molar-refractivity contribution in [2.24, 2.45) is 0 Å². The summed E-state index contributed by atoms with van der Waals surface area (Å²) in [6.07, 6.45) is -0.663. The number of thioether (sulfide) groups is 1. The molecule has 0 amide bonds. The fourth-order valence-electron chi connectivity index (χ4n) is 1.76. The Kier molecular flexibility index (Phi) is 6.16. The van der Waals surface area contributed by atoms with Crippen LogP contribution in [-0.4, -0.2) is 12.8 Å². The first kappa shape index (κ1) is 15.4. The van der Waals surface area contributed by atoms with Crippen LogP contribution in [0.3, 0.4) is 0 Å². The summed E-state index contributed by atoms with van der Waals surface area (Å²) in [7, 11) is 0. The molecule has 110 valence electrons. The Balaban J connectivity index is 1.78. The molecule has 2 aromatic rings. The van der Waals surface area contributed by atoms with Crippen molar-refractivity contribution >= 4 is 17.9 Å². The van der Waals surface area contributed by atoms with Gasteiger partial charge in [0, 0.05) is 11.5 Å². The average molecular weight is 302 g/mol. The van der Waals surface area contributed by atoms with Gasteiger partial charge in [-0.05, 0) is 30.2 Å². The van der Waals surface area contributed by atoms with Gasteiger partial charge in [-0.15, -0.1) is 0 Å². The van der Waals surface area contributed by atoms with Gasteiger partial charge in [0.2, 0.25) is 0 Å². The van der Waals surface area contributed by atoms with Gasteiger partial charge in [0.25, 0.3) is 0 Å². The third-order valence-corrected chi connectivity index (χ3v) is 3.84. The molecule has 0 atom stereocenters. The maximum Gasteiger partial charge on any atom is 0.513 e. The van der Waals surface area contributed by atoms with Gasteiger partial charge >= 0.3 is 6.16 Å². The molecule has 0 N–H and O–H groups in total. The van der Waals surface area contributed by atoms with Crippen molar-refractivity contribution in [3.05, 3.63) is 65.7 Å². The van der Waals surface area contributed by atoms with E-state index in [-0.39, 0.29) is 0 Å². The molecule has 0 aliphatic carbocycles. The highest BCUT2D eigenvalue weighted by atomic mass is 32.2. The lowest BCUT2D eigenvalue weighted by molar-refractivity contribution is 0.104. The zero-order chi connectivity index (χ0) is 14.9. The first-order chi connectivity index (χ1) is 10.3. The monoisotopic (exact) mass is 302 g/mol. The van der Waals surface area contributed by atoms with E-state index in [0.29, 0.717) is 12.4 Å². The SMILES string of the molecule is CCOC(=O)Oc1ccc(CSCc2ccccc2)cc1. The highest BCUT2D eigenvalue weighted by Gasteiger charge is 2.04. The Morgan fingerprint density at radius 3 is 2.19 bits per heavy atom. The van der Waals surface area contributed by atoms with Crippen LogP contribution >= 0.6 is 11.8 Å². The van der Waals surface area contributed by atoms with E-state index in [2.05, 4.69) is 24.3 Å². The number of carbonyl (C=O) groups is 1. The van der Waals surface area contributed by atoms with Crippen molar-refractivity contribution in [2.45, 2.75) is 18.4 Å². The van der Waals surface area contributed by atoms with Crippen molar-refractivity contribution in [1.82, 2.24) is 0 Å². The van der Waals surface area contributed by atoms with Crippen LogP contribution in [0.4, 0.5) is 4.79 Å². The van der Waals surface area contributed by atoms with Crippen LogP contribution < -0.4 is 4.74 Å². The Morgan fingerprint density at radius 2 is 1.57 bits per heavy atom. The first-order valence-corrected chi connectivity index (χ1v) is 7.98. The summed E-state index contributed by atoms with van der Waals surface area (Å²) in [5, 5.41) is 0. The van der Waals surface area contributed by atoms with Gasteiger partial charge in [-0.2, -0.15) is 11.8 Å². The largest absolute Gasteiger partial charge is 0.513 e. The van der Waals surface area contributed by atoms with Crippen molar-refractivity contribution in [2.75, 3.05) is 6.61 Å². The standard InChI is InChI=1S/C17H18O3S/c1-2-19-17(18)20-16-10-8-15(9-11-16)13-21-12-14-6-4-3-5-7-14/h3-11H,2,12-13H2,1H3. The summed E-state index contributed by atoms with van der Waals surface area (Å²) in [4.78, 5) is 11.2. The lowest BCUT2D eigenvalue weighted by Gasteiger charge is -2.06. The minimum atomic E-state index is -0.663. The van der Waals surface area contributed by atoms with E-state index in [1.165, 1.54) is 11.1 Å². The van der Waals surface area contributed by atoms with Crippen LogP contribution in [0.15, 0.2) is 54.6 Å². The van der Waals surface area contributed by atoms with Gasteiger partial charge < -0.3 is 9.47 Å². The number of hydrogen-bond donors (Lipinski definition) is 0. The number of benzene rings is 2. The maximum absolute atomic E-state index is 11.2. The fraction of sp³-hybridized carbons (Fsp3) is 0.235. The zero-order valence-corrected chi connectivity index (χ0v) is 12.8. The van der Waals surface area contributed by atoms with Gasteiger partial charge in [0.15, 0.2) is 0 Å². The average Bonchev–Trinajstić information content (AvgIpc) is 2.50. The van der Waals surface area contributed by atoms with Crippen molar-refractivity contribution in [1.29, 1.82) is 0 Å². The van der Waals surface area contributed by atoms with Crippen LogP contribution in [0.2, 0.25) is 0 Å². The second-order valence-electron chi connectivity index (χ2n) is 4.41. The molecule has 2 aromatic carbocycles. The number of hydrogen-bond acceptors (Lipinski definition) is 4. The van der Waals surface area contributed by atoms with Gasteiger partial charge in [-0.3, -0.25) is 0 Å². The molecule has 21 heavy (non-hydrogen) atoms. The van der Waals surface area contributed by atoms with Crippen molar-refractivity contribution in [3.8, 4) is 5.75 Å². The van der Waals surface area contributed by atoms with Crippen LogP contribution in [0.5, 0.6) is 5.75 Å². The Bertz CT molecular complexity index is 552. The molecule has 2 rings (SSSR count). The van der Waals surface area contributed by atoms with E-state index in [1.54, 1.807) is 19.1 Å². The molecule has 0 fully saturated rings. The Morgan fingerprint density at radius 1 is 0.952 bits per heavy atom. The fourth-order valence-corrected chi connectivity index (χ4v) is 2.72. The molecule has 0 bridgehead atoms. The minimum absolute atomic E-state index is 0.313. The van der Waals surface area contributed by atoms with E-state index >= 15 is 0 Å². The smallest absolute Gasteiger partial charge is 0.434 e. The van der Waals surface area contributed by atoms with Crippen LogP contribution in [-0.2, 0) is 16.2 Å². The van der Waals surface area contributed by atoms with Gasteiger partial charge in [0.05, 0.1) is 6.61 Å². The zero-order valence-electron chi connectivity index (χ0n) is 12.0. The molecule has 0 aliphatic heterocycles. The van der Waals surface area contributed by atoms with E-state index in [4.69, 9.17) is 9.47 Å². The molecular formula is C17H18O3S. The normalized spacial score (nSPS) is 10.1. The van der Waals surface area contributed by atoms with E-state index in [9.17, 15) is 4.79 Å². The summed E-state index contributed by atoms with van der Waals surface area (Å²) in [5.41, 5.74) is 2.52. The van der Waals surface area contributed by atoms with E-state index in [0.717, 1.165) is 11.5 Å². The van der Waals surface area contributed by atoms with Gasteiger partial charge in [0.1, 0.15) is 5.75 Å². The third kappa shape index (κ3) is 5.52. The second-order valence-corrected chi connectivity index (χ2v) is 5.39. The van der Waals surface area contributed by atoms with Crippen LogP contribution in [0.1, 0.15) is 18.1 Å². The van der Waals surface area contributed by atoms with Crippen LogP contribution in [0.25, 0.3) is 0 Å². The lowest BCUT2D eigenvalue weighted by Crippen LogP contribution is -2.09. The summed E-state index contributed by atoms with van der Waals surface area (Å²) < 4.78 is 9.74. The summed E-state index contributed by atoms with van der Waals surface area (Å²) >= 11 is 1.85. The van der Waals surface area contributed by atoms with Crippen molar-refractivity contribution in [3.63, 3.8) is 0 Å². The molecule has 3 nitrogen and oxygen atoms in total. The Hall–Kier alpha value is -1.94. The third-order valence-electron chi connectivity index (χ3n) is 2.77. The van der Waals surface area contributed by atoms with Crippen molar-refractivity contribution < 1.29 is 14.3 Å². The van der Waals surface area contributed by atoms with Crippen LogP contribution in [0, 0.1) is 0 Å². The Labute approximate surface area is 129 Å². The predicted molar refractivity (Wildman–Crippen MR) is 85.5 cm³/mol. The highest BCUT2D eigenvalue weighted by molar-refractivity contribution is 7.97. The minimum Gasteiger partial charge on any atom is -0.434 e. The summed E-state index contributed by atoms with van der Waals surface area (Å²) in [5.74, 6) is 2.42. The van der Waals surface area contributed by atoms with Gasteiger partial charge in [-0.1, -0.05) is 42.5 Å². The van der Waals surface area contributed by atoms with Gasteiger partial charge in [-0.25, -0.2) is 4.79 Å². The number of rotatable bonds is 6. The molecule has 0 spiro atoms. The molecule has 0 unspecified atom stereocenters. The molecule has 0 saturated carbocycles. The number of carbonyl (C=O) groups excluding carboxylic acids is 1. The highest BCUT2D eigenvalue weighted by Crippen LogP contribution is 2.20. The predicted octanol–water partition coefficient (Wildman–Crippen LogP) is 4.66. The topological polar surface area (TPSA) is 35.5 Å². The second kappa shape index (κ2) is 8.37. The quantitative estimate of drug-likeness (QED) is 0.574. The summed E-state index contributed by atoms with van der Waals surface area (Å²) in [6, 6.07) is 17.9.